The highest BCUT2D eigenvalue weighted by Gasteiger charge is 2.21. The number of hydrazine groups is 1. The fourth-order valence-electron chi connectivity index (χ4n) is 2.42. The van der Waals surface area contributed by atoms with Crippen molar-refractivity contribution < 1.29 is 4.42 Å². The van der Waals surface area contributed by atoms with Crippen LogP contribution in [-0.4, -0.2) is 9.78 Å². The van der Waals surface area contributed by atoms with E-state index in [9.17, 15) is 0 Å². The molecule has 0 aliphatic heterocycles. The van der Waals surface area contributed by atoms with Crippen LogP contribution in [0.1, 0.15) is 42.6 Å². The van der Waals surface area contributed by atoms with Gasteiger partial charge in [-0.05, 0) is 26.3 Å². The summed E-state index contributed by atoms with van der Waals surface area (Å²) in [7, 11) is 0. The van der Waals surface area contributed by atoms with Crippen LogP contribution in [0, 0.1) is 6.92 Å². The summed E-state index contributed by atoms with van der Waals surface area (Å²) in [6, 6.07) is 1.89. The van der Waals surface area contributed by atoms with Crippen LogP contribution in [0.15, 0.2) is 16.7 Å². The maximum absolute atomic E-state index is 6.44. The van der Waals surface area contributed by atoms with E-state index in [1.54, 1.807) is 6.26 Å². The lowest BCUT2D eigenvalue weighted by molar-refractivity contribution is 0.489. The monoisotopic (exact) mass is 296 g/mol. The first-order valence-electron chi connectivity index (χ1n) is 6.86. The zero-order valence-corrected chi connectivity index (χ0v) is 12.9. The molecule has 0 spiro atoms. The molecule has 0 amide bonds. The molecule has 0 radical (unpaired) electrons. The third-order valence-electron chi connectivity index (χ3n) is 3.57. The van der Waals surface area contributed by atoms with Crippen LogP contribution < -0.4 is 11.3 Å². The number of hydrogen-bond acceptors (Lipinski definition) is 4. The summed E-state index contributed by atoms with van der Waals surface area (Å²) in [5.41, 5.74) is 5.83. The maximum Gasteiger partial charge on any atom is 0.105 e. The van der Waals surface area contributed by atoms with Gasteiger partial charge in [0.1, 0.15) is 5.76 Å². The van der Waals surface area contributed by atoms with Crippen molar-refractivity contribution in [3.63, 3.8) is 0 Å². The Morgan fingerprint density at radius 3 is 2.75 bits per heavy atom. The fraction of sp³-hybridized carbons (Fsp3) is 0.500. The molecular weight excluding hydrogens is 276 g/mol. The van der Waals surface area contributed by atoms with Crippen molar-refractivity contribution in [2.75, 3.05) is 0 Å². The number of furan rings is 1. The topological polar surface area (TPSA) is 69.0 Å². The third-order valence-corrected chi connectivity index (χ3v) is 4.00. The van der Waals surface area contributed by atoms with Crippen LogP contribution in [0.5, 0.6) is 0 Å². The highest BCUT2D eigenvalue weighted by Crippen LogP contribution is 2.28. The fourth-order valence-corrected chi connectivity index (χ4v) is 2.77. The van der Waals surface area contributed by atoms with Gasteiger partial charge in [-0.2, -0.15) is 5.10 Å². The lowest BCUT2D eigenvalue weighted by Crippen LogP contribution is -2.30. The maximum atomic E-state index is 6.44. The standard InChI is InChI=1S/C14H21ClN4O/c1-4-11-14(15)13(19(5-2)18-11)8-12(17-16)10-6-7-20-9(10)3/h6-7,12,17H,4-5,8,16H2,1-3H3. The Labute approximate surface area is 124 Å². The van der Waals surface area contributed by atoms with E-state index in [0.717, 1.165) is 40.7 Å². The second kappa shape index (κ2) is 6.43. The average Bonchev–Trinajstić information content (AvgIpc) is 3.00. The second-order valence-electron chi connectivity index (χ2n) is 4.73. The molecule has 5 nitrogen and oxygen atoms in total. The Kier molecular flexibility index (Phi) is 4.86. The van der Waals surface area contributed by atoms with E-state index >= 15 is 0 Å². The normalized spacial score (nSPS) is 12.8. The molecule has 2 aromatic rings. The van der Waals surface area contributed by atoms with Crippen molar-refractivity contribution >= 4 is 11.6 Å². The first-order valence-corrected chi connectivity index (χ1v) is 7.24. The van der Waals surface area contributed by atoms with Crippen LogP contribution in [0.25, 0.3) is 0 Å². The van der Waals surface area contributed by atoms with Gasteiger partial charge in [-0.1, -0.05) is 18.5 Å². The van der Waals surface area contributed by atoms with Crippen LogP contribution >= 0.6 is 11.6 Å². The number of aromatic nitrogens is 2. The number of aryl methyl sites for hydroxylation is 3. The van der Waals surface area contributed by atoms with Crippen LogP contribution in [0.3, 0.4) is 0 Å². The molecule has 2 heterocycles. The molecule has 2 aromatic heterocycles. The van der Waals surface area contributed by atoms with Crippen LogP contribution in [-0.2, 0) is 19.4 Å². The van der Waals surface area contributed by atoms with E-state index in [0.29, 0.717) is 6.42 Å². The zero-order valence-electron chi connectivity index (χ0n) is 12.1. The van der Waals surface area contributed by atoms with Gasteiger partial charge >= 0.3 is 0 Å². The van der Waals surface area contributed by atoms with Gasteiger partial charge in [-0.3, -0.25) is 16.0 Å². The molecule has 0 fully saturated rings. The minimum Gasteiger partial charge on any atom is -0.469 e. The Morgan fingerprint density at radius 1 is 1.50 bits per heavy atom. The van der Waals surface area contributed by atoms with Gasteiger partial charge in [0, 0.05) is 18.5 Å². The molecule has 1 unspecified atom stereocenters. The Bertz CT molecular complexity index is 576. The number of nitrogens with one attached hydrogen (secondary N) is 1. The Balaban J connectivity index is 2.32. The third kappa shape index (κ3) is 2.75. The molecule has 0 aliphatic rings. The number of rotatable bonds is 6. The average molecular weight is 297 g/mol. The van der Waals surface area contributed by atoms with Gasteiger partial charge in [0.05, 0.1) is 28.7 Å². The predicted molar refractivity (Wildman–Crippen MR) is 79.5 cm³/mol. The van der Waals surface area contributed by atoms with E-state index in [2.05, 4.69) is 24.4 Å². The minimum atomic E-state index is -0.0436. The van der Waals surface area contributed by atoms with Crippen molar-refractivity contribution in [1.29, 1.82) is 0 Å². The zero-order chi connectivity index (χ0) is 14.7. The Morgan fingerprint density at radius 2 is 2.25 bits per heavy atom. The van der Waals surface area contributed by atoms with Crippen molar-refractivity contribution in [2.24, 2.45) is 5.84 Å². The van der Waals surface area contributed by atoms with Gasteiger partial charge < -0.3 is 4.42 Å². The molecule has 1 atom stereocenters. The van der Waals surface area contributed by atoms with Crippen molar-refractivity contribution in [3.05, 3.63) is 40.1 Å². The van der Waals surface area contributed by atoms with Gasteiger partial charge in [0.25, 0.3) is 0 Å². The summed E-state index contributed by atoms with van der Waals surface area (Å²) in [6.45, 7) is 6.82. The molecule has 0 aliphatic carbocycles. The first-order chi connectivity index (χ1) is 9.62. The molecule has 6 heteroatoms. The molecule has 2 rings (SSSR count). The lowest BCUT2D eigenvalue weighted by atomic mass is 10.0. The summed E-state index contributed by atoms with van der Waals surface area (Å²) in [5.74, 6) is 6.56. The largest absolute Gasteiger partial charge is 0.469 e. The molecule has 20 heavy (non-hydrogen) atoms. The van der Waals surface area contributed by atoms with E-state index < -0.39 is 0 Å². The highest BCUT2D eigenvalue weighted by molar-refractivity contribution is 6.31. The second-order valence-corrected chi connectivity index (χ2v) is 5.11. The molecule has 0 bridgehead atoms. The van der Waals surface area contributed by atoms with Crippen LogP contribution in [0.4, 0.5) is 0 Å². The van der Waals surface area contributed by atoms with Gasteiger partial charge in [-0.25, -0.2) is 0 Å². The number of halogens is 1. The van der Waals surface area contributed by atoms with E-state index in [-0.39, 0.29) is 6.04 Å². The van der Waals surface area contributed by atoms with Crippen molar-refractivity contribution in [2.45, 2.75) is 46.2 Å². The van der Waals surface area contributed by atoms with E-state index in [1.165, 1.54) is 0 Å². The molecule has 0 saturated heterocycles. The van der Waals surface area contributed by atoms with Crippen LogP contribution in [0.2, 0.25) is 5.02 Å². The smallest absolute Gasteiger partial charge is 0.105 e. The molecule has 110 valence electrons. The summed E-state index contributed by atoms with van der Waals surface area (Å²) in [6.07, 6.45) is 3.17. The lowest BCUT2D eigenvalue weighted by Gasteiger charge is -2.16. The van der Waals surface area contributed by atoms with Crippen molar-refractivity contribution in [1.82, 2.24) is 15.2 Å². The van der Waals surface area contributed by atoms with Crippen molar-refractivity contribution in [3.8, 4) is 0 Å². The van der Waals surface area contributed by atoms with Gasteiger partial charge in [-0.15, -0.1) is 0 Å². The summed E-state index contributed by atoms with van der Waals surface area (Å²) >= 11 is 6.44. The van der Waals surface area contributed by atoms with Gasteiger partial charge in [0.15, 0.2) is 0 Å². The SMILES string of the molecule is CCc1nn(CC)c(CC(NN)c2ccoc2C)c1Cl. The van der Waals surface area contributed by atoms with Gasteiger partial charge in [0.2, 0.25) is 0 Å². The number of nitrogens with two attached hydrogens (primary N) is 1. The van der Waals surface area contributed by atoms with E-state index in [1.807, 2.05) is 17.7 Å². The summed E-state index contributed by atoms with van der Waals surface area (Å²) in [4.78, 5) is 0. The molecule has 0 saturated carbocycles. The summed E-state index contributed by atoms with van der Waals surface area (Å²) in [5, 5.41) is 5.28. The molecule has 3 N–H and O–H groups in total. The minimum absolute atomic E-state index is 0.0436. The predicted octanol–water partition coefficient (Wildman–Crippen LogP) is 2.77. The molecule has 0 aromatic carbocycles. The first kappa shape index (κ1) is 15.1. The number of hydrogen-bond donors (Lipinski definition) is 2. The molecular formula is C14H21ClN4O. The van der Waals surface area contributed by atoms with E-state index in [4.69, 9.17) is 21.9 Å². The highest BCUT2D eigenvalue weighted by atomic mass is 35.5. The number of nitrogens with zero attached hydrogens (tertiary/aromatic N) is 2. The summed E-state index contributed by atoms with van der Waals surface area (Å²) < 4.78 is 7.29. The Hall–Kier alpha value is -1.30. The quantitative estimate of drug-likeness (QED) is 0.635.